The largest absolute Gasteiger partial charge is 0.465 e. The fraction of sp³-hybridized carbons (Fsp3) is 0.625. The first-order valence-corrected chi connectivity index (χ1v) is 8.69. The van der Waals surface area contributed by atoms with Gasteiger partial charge >= 0.3 is 12.1 Å². The molecule has 0 spiro atoms. The smallest absolute Gasteiger partial charge is 0.413 e. The predicted octanol–water partition coefficient (Wildman–Crippen LogP) is 3.04. The van der Waals surface area contributed by atoms with E-state index in [2.05, 4.69) is 10.3 Å². The number of thiazole rings is 1. The van der Waals surface area contributed by atoms with Gasteiger partial charge in [0.25, 0.3) is 0 Å². The van der Waals surface area contributed by atoms with Gasteiger partial charge in [0.05, 0.1) is 12.3 Å². The van der Waals surface area contributed by atoms with Gasteiger partial charge in [-0.25, -0.2) is 9.78 Å². The minimum Gasteiger partial charge on any atom is -0.465 e. The summed E-state index contributed by atoms with van der Waals surface area (Å²) >= 11 is 1.18. The van der Waals surface area contributed by atoms with E-state index in [1.807, 2.05) is 0 Å². The molecule has 1 saturated carbocycles. The topological polar surface area (TPSA) is 94.6 Å². The maximum Gasteiger partial charge on any atom is 0.413 e. The summed E-state index contributed by atoms with van der Waals surface area (Å²) in [4.78, 5) is 40.3. The molecule has 0 radical (unpaired) electrons. The summed E-state index contributed by atoms with van der Waals surface area (Å²) in [5.74, 6) is -0.428. The van der Waals surface area contributed by atoms with Crippen molar-refractivity contribution in [3.05, 3.63) is 11.1 Å². The molecule has 0 bridgehead atoms. The van der Waals surface area contributed by atoms with Gasteiger partial charge in [-0.05, 0) is 34.1 Å². The highest BCUT2D eigenvalue weighted by atomic mass is 32.1. The Kier molecular flexibility index (Phi) is 5.27. The van der Waals surface area contributed by atoms with E-state index in [1.54, 1.807) is 33.1 Å². The van der Waals surface area contributed by atoms with Gasteiger partial charge in [-0.3, -0.25) is 14.9 Å². The lowest BCUT2D eigenvalue weighted by Gasteiger charge is -2.23. The van der Waals surface area contributed by atoms with E-state index in [4.69, 9.17) is 9.47 Å². The van der Waals surface area contributed by atoms with Crippen molar-refractivity contribution in [3.8, 4) is 0 Å². The van der Waals surface area contributed by atoms with Crippen molar-refractivity contribution in [3.63, 3.8) is 0 Å². The summed E-state index contributed by atoms with van der Waals surface area (Å²) in [6.07, 6.45) is 0.170. The fourth-order valence-electron chi connectivity index (χ4n) is 2.57. The van der Waals surface area contributed by atoms with Crippen molar-refractivity contribution in [2.75, 3.05) is 11.9 Å². The molecule has 1 fully saturated rings. The van der Waals surface area contributed by atoms with Gasteiger partial charge in [0.1, 0.15) is 16.8 Å². The molecule has 0 saturated heterocycles. The van der Waals surface area contributed by atoms with Gasteiger partial charge in [-0.2, -0.15) is 0 Å². The van der Waals surface area contributed by atoms with Gasteiger partial charge in [0, 0.05) is 18.2 Å². The third-order valence-corrected chi connectivity index (χ3v) is 4.36. The van der Waals surface area contributed by atoms with E-state index >= 15 is 0 Å². The van der Waals surface area contributed by atoms with Gasteiger partial charge in [0.2, 0.25) is 0 Å². The SMILES string of the molecule is CCOC(=O)C1(c2csc(NC(=O)OC(C)(C)C)n2)CCC(=O)C1. The fourth-order valence-corrected chi connectivity index (χ4v) is 3.37. The summed E-state index contributed by atoms with van der Waals surface area (Å²) in [6.45, 7) is 7.25. The van der Waals surface area contributed by atoms with Gasteiger partial charge in [0.15, 0.2) is 5.13 Å². The number of anilines is 1. The molecule has 1 aliphatic rings. The molecule has 24 heavy (non-hydrogen) atoms. The third kappa shape index (κ3) is 4.11. The quantitative estimate of drug-likeness (QED) is 0.835. The van der Waals surface area contributed by atoms with Crippen LogP contribution >= 0.6 is 11.3 Å². The zero-order chi connectivity index (χ0) is 18.0. The number of nitrogens with zero attached hydrogens (tertiary/aromatic N) is 1. The molecule has 1 atom stereocenters. The van der Waals surface area contributed by atoms with E-state index in [0.717, 1.165) is 0 Å². The van der Waals surface area contributed by atoms with Crippen LogP contribution in [-0.2, 0) is 24.5 Å². The van der Waals surface area contributed by atoms with Crippen LogP contribution in [0.25, 0.3) is 0 Å². The van der Waals surface area contributed by atoms with Crippen LogP contribution in [0.15, 0.2) is 5.38 Å². The minimum absolute atomic E-state index is 0.0118. The van der Waals surface area contributed by atoms with Crippen molar-refractivity contribution in [2.45, 2.75) is 58.0 Å². The molecule has 1 N–H and O–H groups in total. The number of aromatic nitrogens is 1. The third-order valence-electron chi connectivity index (χ3n) is 3.60. The van der Waals surface area contributed by atoms with Crippen molar-refractivity contribution in [2.24, 2.45) is 0 Å². The summed E-state index contributed by atoms with van der Waals surface area (Å²) in [5.41, 5.74) is -1.20. The molecule has 0 aromatic carbocycles. The van der Waals surface area contributed by atoms with Crippen LogP contribution in [0.5, 0.6) is 0 Å². The Morgan fingerprint density at radius 3 is 2.67 bits per heavy atom. The predicted molar refractivity (Wildman–Crippen MR) is 89.1 cm³/mol. The molecular formula is C16H22N2O5S. The second-order valence-electron chi connectivity index (χ2n) is 6.68. The van der Waals surface area contributed by atoms with Gasteiger partial charge < -0.3 is 9.47 Å². The van der Waals surface area contributed by atoms with Crippen LogP contribution in [0.2, 0.25) is 0 Å². The number of Topliss-reactive ketones (excluding diaryl/α,β-unsaturated/α-hetero) is 1. The van der Waals surface area contributed by atoms with E-state index < -0.39 is 23.1 Å². The Morgan fingerprint density at radius 1 is 1.42 bits per heavy atom. The van der Waals surface area contributed by atoms with Gasteiger partial charge in [-0.15, -0.1) is 11.3 Å². The summed E-state index contributed by atoms with van der Waals surface area (Å²) in [7, 11) is 0. The summed E-state index contributed by atoms with van der Waals surface area (Å²) < 4.78 is 10.3. The van der Waals surface area contributed by atoms with Gasteiger partial charge in [-0.1, -0.05) is 0 Å². The molecule has 1 aromatic heterocycles. The van der Waals surface area contributed by atoms with Crippen LogP contribution in [0.1, 0.15) is 52.7 Å². The molecule has 7 nitrogen and oxygen atoms in total. The number of nitrogens with one attached hydrogen (secondary N) is 1. The van der Waals surface area contributed by atoms with Crippen LogP contribution < -0.4 is 5.32 Å². The molecular weight excluding hydrogens is 332 g/mol. The van der Waals surface area contributed by atoms with E-state index in [0.29, 0.717) is 23.7 Å². The maximum atomic E-state index is 12.4. The van der Waals surface area contributed by atoms with Crippen LogP contribution in [-0.4, -0.2) is 35.0 Å². The molecule has 132 valence electrons. The van der Waals surface area contributed by atoms with Crippen molar-refractivity contribution in [1.29, 1.82) is 0 Å². The Bertz CT molecular complexity index is 649. The number of ether oxygens (including phenoxy) is 2. The van der Waals surface area contributed by atoms with Crippen LogP contribution in [0.4, 0.5) is 9.93 Å². The number of esters is 1. The zero-order valence-electron chi connectivity index (χ0n) is 14.3. The number of hydrogen-bond acceptors (Lipinski definition) is 7. The number of carbonyl (C=O) groups excluding carboxylic acids is 3. The Hall–Kier alpha value is -1.96. The first-order chi connectivity index (χ1) is 11.2. The highest BCUT2D eigenvalue weighted by Crippen LogP contribution is 2.41. The number of hydrogen-bond donors (Lipinski definition) is 1. The Balaban J connectivity index is 2.19. The normalized spacial score (nSPS) is 20.8. The molecule has 0 aliphatic heterocycles. The highest BCUT2D eigenvalue weighted by molar-refractivity contribution is 7.14. The minimum atomic E-state index is -1.04. The van der Waals surface area contributed by atoms with E-state index in [9.17, 15) is 14.4 Å². The monoisotopic (exact) mass is 354 g/mol. The van der Waals surface area contributed by atoms with Crippen LogP contribution in [0, 0.1) is 0 Å². The first kappa shape index (κ1) is 18.4. The summed E-state index contributed by atoms with van der Waals surface area (Å²) in [5, 5.41) is 4.56. The average molecular weight is 354 g/mol. The lowest BCUT2D eigenvalue weighted by atomic mass is 9.83. The van der Waals surface area contributed by atoms with Crippen molar-refractivity contribution >= 4 is 34.3 Å². The van der Waals surface area contributed by atoms with Crippen molar-refractivity contribution in [1.82, 2.24) is 4.98 Å². The lowest BCUT2D eigenvalue weighted by molar-refractivity contribution is -0.150. The number of ketones is 1. The average Bonchev–Trinajstić information content (AvgIpc) is 3.04. The van der Waals surface area contributed by atoms with Crippen molar-refractivity contribution < 1.29 is 23.9 Å². The second-order valence-corrected chi connectivity index (χ2v) is 7.54. The van der Waals surface area contributed by atoms with Crippen LogP contribution in [0.3, 0.4) is 0 Å². The number of carbonyl (C=O) groups is 3. The molecule has 2 rings (SSSR count). The number of rotatable bonds is 4. The maximum absolute atomic E-state index is 12.4. The molecule has 1 aromatic rings. The summed E-state index contributed by atoms with van der Waals surface area (Å²) in [6, 6.07) is 0. The molecule has 1 amide bonds. The zero-order valence-corrected chi connectivity index (χ0v) is 15.1. The second kappa shape index (κ2) is 6.88. The molecule has 1 unspecified atom stereocenters. The standard InChI is InChI=1S/C16H22N2O5S/c1-5-22-12(20)16(7-6-10(19)8-16)11-9-24-13(17-11)18-14(21)23-15(2,3)4/h9H,5-8H2,1-4H3,(H,17,18,21). The van der Waals surface area contributed by atoms with E-state index in [1.165, 1.54) is 11.3 Å². The highest BCUT2D eigenvalue weighted by Gasteiger charge is 2.49. The first-order valence-electron chi connectivity index (χ1n) is 7.81. The Morgan fingerprint density at radius 2 is 2.12 bits per heavy atom. The lowest BCUT2D eigenvalue weighted by Crippen LogP contribution is -2.35. The number of amides is 1. The molecule has 1 heterocycles. The Labute approximate surface area is 144 Å². The van der Waals surface area contributed by atoms with E-state index in [-0.39, 0.29) is 18.8 Å². The molecule has 1 aliphatic carbocycles. The molecule has 8 heteroatoms.